The first-order chi connectivity index (χ1) is 16.7. The normalized spacial score (nSPS) is 13.3. The van der Waals surface area contributed by atoms with Gasteiger partial charge in [0.2, 0.25) is 0 Å². The molecule has 2 nitrogen and oxygen atoms in total. The lowest BCUT2D eigenvalue weighted by molar-refractivity contribution is 0.234. The van der Waals surface area contributed by atoms with E-state index in [0.29, 0.717) is 11.8 Å². The zero-order chi connectivity index (χ0) is 24.3. The van der Waals surface area contributed by atoms with Crippen LogP contribution in [-0.2, 0) is 6.42 Å². The maximum absolute atomic E-state index is 6.72. The summed E-state index contributed by atoms with van der Waals surface area (Å²) in [4.78, 5) is 0. The summed E-state index contributed by atoms with van der Waals surface area (Å²) in [6.07, 6.45) is 10.8. The summed E-state index contributed by atoms with van der Waals surface area (Å²) in [7, 11) is 0. The molecule has 0 heterocycles. The van der Waals surface area contributed by atoms with Gasteiger partial charge in [0.05, 0.1) is 13.2 Å². The van der Waals surface area contributed by atoms with Crippen LogP contribution in [0.25, 0.3) is 21.5 Å². The molecule has 0 fully saturated rings. The highest BCUT2D eigenvalue weighted by molar-refractivity contribution is 6.12. The third kappa shape index (κ3) is 6.26. The van der Waals surface area contributed by atoms with Crippen molar-refractivity contribution in [2.75, 3.05) is 13.2 Å². The maximum atomic E-state index is 6.72. The Morgan fingerprint density at radius 2 is 1.15 bits per heavy atom. The van der Waals surface area contributed by atoms with E-state index in [1.807, 2.05) is 0 Å². The second-order valence-electron chi connectivity index (χ2n) is 9.85. The van der Waals surface area contributed by atoms with Crippen LogP contribution in [0.4, 0.5) is 0 Å². The first-order valence-corrected chi connectivity index (χ1v) is 13.9. The number of aryl methyl sites for hydroxylation is 1. The average Bonchev–Trinajstić information content (AvgIpc) is 2.88. The fourth-order valence-electron chi connectivity index (χ4n) is 5.01. The van der Waals surface area contributed by atoms with Gasteiger partial charge in [-0.3, -0.25) is 0 Å². The molecule has 3 rings (SSSR count). The fraction of sp³-hybridized carbons (Fsp3) is 0.562. The molecular formula is C32H46O2. The highest BCUT2D eigenvalue weighted by atomic mass is 16.5. The zero-order valence-corrected chi connectivity index (χ0v) is 22.3. The summed E-state index contributed by atoms with van der Waals surface area (Å²) in [6.45, 7) is 12.9. The van der Waals surface area contributed by atoms with Crippen molar-refractivity contribution in [1.29, 1.82) is 0 Å². The van der Waals surface area contributed by atoms with Crippen molar-refractivity contribution in [3.63, 3.8) is 0 Å². The van der Waals surface area contributed by atoms with Crippen molar-refractivity contribution in [2.45, 2.75) is 92.4 Å². The van der Waals surface area contributed by atoms with Gasteiger partial charge in [-0.2, -0.15) is 0 Å². The number of ether oxygens (including phenoxy) is 2. The van der Waals surface area contributed by atoms with E-state index in [0.717, 1.165) is 44.0 Å². The molecule has 2 atom stereocenters. The standard InChI is InChI=1S/C32H46O2/c1-6-11-16-24(8-3)22-33-31-27-19-13-14-20-28(27)32(34-23-25(9-4)17-12-7-2)30-26(10-5)18-15-21-29(30)31/h13-15,18-21,24-25H,6-12,16-17,22-23H2,1-5H3. The lowest BCUT2D eigenvalue weighted by Crippen LogP contribution is -2.13. The molecule has 0 saturated heterocycles. The summed E-state index contributed by atoms with van der Waals surface area (Å²) in [5, 5.41) is 4.79. The number of rotatable bonds is 15. The Hall–Kier alpha value is -2.22. The minimum Gasteiger partial charge on any atom is -0.492 e. The molecule has 0 bridgehead atoms. The van der Waals surface area contributed by atoms with Crippen LogP contribution in [0.15, 0.2) is 42.5 Å². The van der Waals surface area contributed by atoms with Gasteiger partial charge in [0.15, 0.2) is 0 Å². The lowest BCUT2D eigenvalue weighted by Gasteiger charge is -2.23. The van der Waals surface area contributed by atoms with Crippen molar-refractivity contribution in [3.05, 3.63) is 48.0 Å². The summed E-state index contributed by atoms with van der Waals surface area (Å²) >= 11 is 0. The van der Waals surface area contributed by atoms with Gasteiger partial charge in [-0.15, -0.1) is 0 Å². The van der Waals surface area contributed by atoms with E-state index in [1.54, 1.807) is 0 Å². The molecule has 3 aromatic rings. The predicted octanol–water partition coefficient (Wildman–Crippen LogP) is 9.75. The fourth-order valence-corrected chi connectivity index (χ4v) is 5.01. The summed E-state index contributed by atoms with van der Waals surface area (Å²) in [5.41, 5.74) is 1.34. The van der Waals surface area contributed by atoms with Gasteiger partial charge in [-0.25, -0.2) is 0 Å². The van der Waals surface area contributed by atoms with E-state index >= 15 is 0 Å². The molecule has 0 aromatic heterocycles. The predicted molar refractivity (Wildman–Crippen MR) is 148 cm³/mol. The lowest BCUT2D eigenvalue weighted by atomic mass is 9.95. The summed E-state index contributed by atoms with van der Waals surface area (Å²) in [5.74, 6) is 3.27. The van der Waals surface area contributed by atoms with Crippen LogP contribution in [0.2, 0.25) is 0 Å². The van der Waals surface area contributed by atoms with Gasteiger partial charge in [0.1, 0.15) is 11.5 Å². The molecule has 34 heavy (non-hydrogen) atoms. The molecule has 0 amide bonds. The van der Waals surface area contributed by atoms with Crippen LogP contribution in [0.5, 0.6) is 11.5 Å². The Balaban J connectivity index is 2.07. The first-order valence-electron chi connectivity index (χ1n) is 13.9. The minimum atomic E-state index is 0.599. The Morgan fingerprint density at radius 3 is 1.68 bits per heavy atom. The number of unbranched alkanes of at least 4 members (excludes halogenated alkanes) is 2. The molecule has 0 spiro atoms. The van der Waals surface area contributed by atoms with Gasteiger partial charge >= 0.3 is 0 Å². The molecule has 3 aromatic carbocycles. The summed E-state index contributed by atoms with van der Waals surface area (Å²) < 4.78 is 13.4. The van der Waals surface area contributed by atoms with Crippen molar-refractivity contribution in [2.24, 2.45) is 11.8 Å². The van der Waals surface area contributed by atoms with E-state index in [1.165, 1.54) is 65.6 Å². The van der Waals surface area contributed by atoms with Crippen molar-refractivity contribution >= 4 is 21.5 Å². The smallest absolute Gasteiger partial charge is 0.135 e. The van der Waals surface area contributed by atoms with E-state index in [9.17, 15) is 0 Å². The Labute approximate surface area is 208 Å². The number of hydrogen-bond donors (Lipinski definition) is 0. The highest BCUT2D eigenvalue weighted by Gasteiger charge is 2.20. The largest absolute Gasteiger partial charge is 0.492 e. The molecule has 186 valence electrons. The van der Waals surface area contributed by atoms with Crippen molar-refractivity contribution in [3.8, 4) is 11.5 Å². The first kappa shape index (κ1) is 26.4. The molecular weight excluding hydrogens is 416 g/mol. The van der Waals surface area contributed by atoms with Gasteiger partial charge in [0, 0.05) is 21.5 Å². The quantitative estimate of drug-likeness (QED) is 0.209. The molecule has 0 aliphatic rings. The molecule has 2 heteroatoms. The van der Waals surface area contributed by atoms with Gasteiger partial charge in [0.25, 0.3) is 0 Å². The molecule has 2 unspecified atom stereocenters. The maximum Gasteiger partial charge on any atom is 0.135 e. The molecule has 0 aliphatic heterocycles. The summed E-state index contributed by atoms with van der Waals surface area (Å²) in [6, 6.07) is 15.3. The SMILES string of the molecule is CCCCC(CC)COc1c2ccccc2c(OCC(CC)CCCC)c2c(CC)cccc12. The van der Waals surface area contributed by atoms with E-state index in [-0.39, 0.29) is 0 Å². The minimum absolute atomic E-state index is 0.599. The van der Waals surface area contributed by atoms with E-state index in [4.69, 9.17) is 9.47 Å². The second-order valence-corrected chi connectivity index (χ2v) is 9.85. The second kappa shape index (κ2) is 13.6. The highest BCUT2D eigenvalue weighted by Crippen LogP contribution is 2.44. The van der Waals surface area contributed by atoms with Crippen LogP contribution in [0.3, 0.4) is 0 Å². The third-order valence-corrected chi connectivity index (χ3v) is 7.43. The molecule has 0 N–H and O–H groups in total. The van der Waals surface area contributed by atoms with E-state index in [2.05, 4.69) is 77.1 Å². The molecule has 0 radical (unpaired) electrons. The van der Waals surface area contributed by atoms with Crippen molar-refractivity contribution in [1.82, 2.24) is 0 Å². The molecule has 0 saturated carbocycles. The number of fused-ring (bicyclic) bond motifs is 2. The van der Waals surface area contributed by atoms with Gasteiger partial charge in [-0.1, -0.05) is 116 Å². The van der Waals surface area contributed by atoms with Crippen LogP contribution in [-0.4, -0.2) is 13.2 Å². The topological polar surface area (TPSA) is 18.5 Å². The number of benzene rings is 3. The van der Waals surface area contributed by atoms with Crippen LogP contribution >= 0.6 is 0 Å². The van der Waals surface area contributed by atoms with Crippen LogP contribution in [0.1, 0.15) is 91.5 Å². The Morgan fingerprint density at radius 1 is 0.618 bits per heavy atom. The van der Waals surface area contributed by atoms with Crippen LogP contribution in [0, 0.1) is 11.8 Å². The van der Waals surface area contributed by atoms with Crippen molar-refractivity contribution < 1.29 is 9.47 Å². The monoisotopic (exact) mass is 462 g/mol. The third-order valence-electron chi connectivity index (χ3n) is 7.43. The van der Waals surface area contributed by atoms with E-state index < -0.39 is 0 Å². The Kier molecular flexibility index (Phi) is 10.6. The van der Waals surface area contributed by atoms with Crippen LogP contribution < -0.4 is 9.47 Å². The van der Waals surface area contributed by atoms with Gasteiger partial charge < -0.3 is 9.47 Å². The molecule has 0 aliphatic carbocycles. The average molecular weight is 463 g/mol. The number of hydrogen-bond acceptors (Lipinski definition) is 2. The zero-order valence-electron chi connectivity index (χ0n) is 22.3. The Bertz CT molecular complexity index is 1020. The van der Waals surface area contributed by atoms with Gasteiger partial charge in [-0.05, 0) is 36.7 Å².